The number of nitrogens with one attached hydrogen (secondary N) is 1. The molecule has 0 amide bonds. The molecule has 0 bridgehead atoms. The minimum Gasteiger partial charge on any atom is -0.310 e. The number of rotatable bonds is 10. The number of aryl methyl sites for hydroxylation is 2. The van der Waals surface area contributed by atoms with Gasteiger partial charge in [-0.25, -0.2) is 0 Å². The second-order valence-corrected chi connectivity index (χ2v) is 6.11. The molecule has 0 fully saturated rings. The SMILES string of the molecule is CCCC(CCC)C(NCC)c1cc(CC)ccc1CC. The van der Waals surface area contributed by atoms with Crippen LogP contribution in [-0.2, 0) is 12.8 Å². The van der Waals surface area contributed by atoms with Gasteiger partial charge in [-0.1, -0.05) is 65.7 Å². The van der Waals surface area contributed by atoms with Gasteiger partial charge in [-0.05, 0) is 54.8 Å². The van der Waals surface area contributed by atoms with Gasteiger partial charge in [0.05, 0.1) is 0 Å². The van der Waals surface area contributed by atoms with Crippen LogP contribution in [-0.4, -0.2) is 6.54 Å². The van der Waals surface area contributed by atoms with E-state index in [4.69, 9.17) is 0 Å². The van der Waals surface area contributed by atoms with Gasteiger partial charge in [0.2, 0.25) is 0 Å². The summed E-state index contributed by atoms with van der Waals surface area (Å²) in [7, 11) is 0. The second kappa shape index (κ2) is 10.00. The summed E-state index contributed by atoms with van der Waals surface area (Å²) < 4.78 is 0. The second-order valence-electron chi connectivity index (χ2n) is 6.11. The molecule has 0 radical (unpaired) electrons. The summed E-state index contributed by atoms with van der Waals surface area (Å²) in [6.07, 6.45) is 7.47. The Hall–Kier alpha value is -0.820. The summed E-state index contributed by atoms with van der Waals surface area (Å²) in [5.74, 6) is 0.761. The average molecular weight is 290 g/mol. The van der Waals surface area contributed by atoms with Crippen molar-refractivity contribution in [1.29, 1.82) is 0 Å². The average Bonchev–Trinajstić information content (AvgIpc) is 2.52. The molecule has 120 valence electrons. The summed E-state index contributed by atoms with van der Waals surface area (Å²) in [6, 6.07) is 7.65. The summed E-state index contributed by atoms with van der Waals surface area (Å²) in [6.45, 7) is 12.4. The van der Waals surface area contributed by atoms with Gasteiger partial charge in [0, 0.05) is 6.04 Å². The van der Waals surface area contributed by atoms with Crippen molar-refractivity contribution in [2.24, 2.45) is 5.92 Å². The van der Waals surface area contributed by atoms with E-state index in [1.54, 1.807) is 5.56 Å². The highest BCUT2D eigenvalue weighted by Gasteiger charge is 2.23. The Bertz CT molecular complexity index is 391. The van der Waals surface area contributed by atoms with E-state index >= 15 is 0 Å². The van der Waals surface area contributed by atoms with Crippen LogP contribution >= 0.6 is 0 Å². The summed E-state index contributed by atoms with van der Waals surface area (Å²) in [5.41, 5.74) is 4.55. The molecular weight excluding hydrogens is 254 g/mol. The maximum absolute atomic E-state index is 3.79. The van der Waals surface area contributed by atoms with Crippen molar-refractivity contribution in [1.82, 2.24) is 5.32 Å². The van der Waals surface area contributed by atoms with Crippen molar-refractivity contribution in [3.05, 3.63) is 34.9 Å². The lowest BCUT2D eigenvalue weighted by Gasteiger charge is -2.30. The summed E-state index contributed by atoms with van der Waals surface area (Å²) >= 11 is 0. The van der Waals surface area contributed by atoms with E-state index in [1.165, 1.54) is 36.8 Å². The van der Waals surface area contributed by atoms with Gasteiger partial charge in [0.25, 0.3) is 0 Å². The van der Waals surface area contributed by atoms with Crippen molar-refractivity contribution < 1.29 is 0 Å². The molecule has 1 aromatic rings. The molecule has 0 aliphatic rings. The van der Waals surface area contributed by atoms with Gasteiger partial charge in [-0.2, -0.15) is 0 Å². The topological polar surface area (TPSA) is 12.0 Å². The monoisotopic (exact) mass is 289 g/mol. The van der Waals surface area contributed by atoms with E-state index in [-0.39, 0.29) is 0 Å². The van der Waals surface area contributed by atoms with Gasteiger partial charge >= 0.3 is 0 Å². The third kappa shape index (κ3) is 5.14. The van der Waals surface area contributed by atoms with Crippen LogP contribution < -0.4 is 5.32 Å². The predicted molar refractivity (Wildman–Crippen MR) is 94.9 cm³/mol. The van der Waals surface area contributed by atoms with Gasteiger partial charge in [-0.15, -0.1) is 0 Å². The highest BCUT2D eigenvalue weighted by atomic mass is 14.9. The molecule has 1 aromatic carbocycles. The van der Waals surface area contributed by atoms with Gasteiger partial charge < -0.3 is 5.32 Å². The maximum atomic E-state index is 3.79. The molecule has 21 heavy (non-hydrogen) atoms. The molecule has 0 saturated carbocycles. The van der Waals surface area contributed by atoms with Crippen LogP contribution in [0.15, 0.2) is 18.2 Å². The molecule has 0 aliphatic carbocycles. The van der Waals surface area contributed by atoms with Gasteiger partial charge in [-0.3, -0.25) is 0 Å². The molecule has 1 nitrogen and oxygen atoms in total. The number of benzene rings is 1. The molecule has 1 N–H and O–H groups in total. The smallest absolute Gasteiger partial charge is 0.0351 e. The van der Waals surface area contributed by atoms with Crippen molar-refractivity contribution >= 4 is 0 Å². The first kappa shape index (κ1) is 18.2. The fourth-order valence-corrected chi connectivity index (χ4v) is 3.45. The van der Waals surface area contributed by atoms with E-state index in [0.717, 1.165) is 25.3 Å². The first-order valence-corrected chi connectivity index (χ1v) is 9.06. The van der Waals surface area contributed by atoms with Crippen LogP contribution in [0.5, 0.6) is 0 Å². The fraction of sp³-hybridized carbons (Fsp3) is 0.700. The Kier molecular flexibility index (Phi) is 8.68. The minimum absolute atomic E-state index is 0.524. The molecule has 1 unspecified atom stereocenters. The van der Waals surface area contributed by atoms with E-state index in [9.17, 15) is 0 Å². The highest BCUT2D eigenvalue weighted by Crippen LogP contribution is 2.32. The molecule has 1 heteroatoms. The Morgan fingerprint density at radius 1 is 0.905 bits per heavy atom. The maximum Gasteiger partial charge on any atom is 0.0351 e. The van der Waals surface area contributed by atoms with Crippen molar-refractivity contribution in [2.75, 3.05) is 6.54 Å². The zero-order valence-corrected chi connectivity index (χ0v) is 14.8. The van der Waals surface area contributed by atoms with Gasteiger partial charge in [0.1, 0.15) is 0 Å². The van der Waals surface area contributed by atoms with Crippen LogP contribution in [0.4, 0.5) is 0 Å². The molecule has 0 heterocycles. The lowest BCUT2D eigenvalue weighted by molar-refractivity contribution is 0.319. The quantitative estimate of drug-likeness (QED) is 0.584. The first-order chi connectivity index (χ1) is 10.2. The third-order valence-corrected chi connectivity index (χ3v) is 4.55. The van der Waals surface area contributed by atoms with Crippen LogP contribution in [0.1, 0.15) is 83.0 Å². The Morgan fingerprint density at radius 3 is 2.05 bits per heavy atom. The highest BCUT2D eigenvalue weighted by molar-refractivity contribution is 5.35. The fourth-order valence-electron chi connectivity index (χ4n) is 3.45. The molecule has 0 aromatic heterocycles. The largest absolute Gasteiger partial charge is 0.310 e. The zero-order chi connectivity index (χ0) is 15.7. The predicted octanol–water partition coefficient (Wildman–Crippen LogP) is 5.68. The van der Waals surface area contributed by atoms with Crippen LogP contribution in [0.2, 0.25) is 0 Å². The Balaban J connectivity index is 3.17. The molecule has 1 atom stereocenters. The third-order valence-electron chi connectivity index (χ3n) is 4.55. The molecule has 0 aliphatic heterocycles. The Labute approximate surface area is 132 Å². The summed E-state index contributed by atoms with van der Waals surface area (Å²) in [4.78, 5) is 0. The molecule has 0 spiro atoms. The normalized spacial score (nSPS) is 12.9. The van der Waals surface area contributed by atoms with Crippen molar-refractivity contribution in [3.63, 3.8) is 0 Å². The van der Waals surface area contributed by atoms with Crippen molar-refractivity contribution in [3.8, 4) is 0 Å². The van der Waals surface area contributed by atoms with Gasteiger partial charge in [0.15, 0.2) is 0 Å². The molecule has 1 rings (SSSR count). The Morgan fingerprint density at radius 2 is 1.57 bits per heavy atom. The lowest BCUT2D eigenvalue weighted by Crippen LogP contribution is -2.29. The van der Waals surface area contributed by atoms with E-state index in [0.29, 0.717) is 6.04 Å². The number of hydrogen-bond acceptors (Lipinski definition) is 1. The molecule has 0 saturated heterocycles. The first-order valence-electron chi connectivity index (χ1n) is 9.06. The minimum atomic E-state index is 0.524. The van der Waals surface area contributed by atoms with E-state index < -0.39 is 0 Å². The lowest BCUT2D eigenvalue weighted by atomic mass is 9.83. The van der Waals surface area contributed by atoms with Crippen LogP contribution in [0, 0.1) is 5.92 Å². The van der Waals surface area contributed by atoms with E-state index in [1.807, 2.05) is 0 Å². The number of hydrogen-bond donors (Lipinski definition) is 1. The van der Waals surface area contributed by atoms with Crippen LogP contribution in [0.25, 0.3) is 0 Å². The van der Waals surface area contributed by atoms with E-state index in [2.05, 4.69) is 58.1 Å². The summed E-state index contributed by atoms with van der Waals surface area (Å²) in [5, 5.41) is 3.79. The molecular formula is C20H35N. The van der Waals surface area contributed by atoms with Crippen molar-refractivity contribution in [2.45, 2.75) is 79.2 Å². The zero-order valence-electron chi connectivity index (χ0n) is 14.8. The van der Waals surface area contributed by atoms with Crippen LogP contribution in [0.3, 0.4) is 0 Å². The standard InChI is InChI=1S/C20H35N/c1-6-11-18(12-7-2)20(21-10-5)19-15-16(8-3)13-14-17(19)9-4/h13-15,18,20-21H,6-12H2,1-5H3.